The van der Waals surface area contributed by atoms with Crippen molar-refractivity contribution in [2.75, 3.05) is 26.3 Å². The smallest absolute Gasteiger partial charge is 0.243 e. The van der Waals surface area contributed by atoms with Gasteiger partial charge < -0.3 is 9.47 Å². The third-order valence-electron chi connectivity index (χ3n) is 5.95. The Morgan fingerprint density at radius 2 is 1.93 bits per heavy atom. The quantitative estimate of drug-likeness (QED) is 0.649. The first-order valence-electron chi connectivity index (χ1n) is 10.1. The minimum absolute atomic E-state index is 0.317. The van der Waals surface area contributed by atoms with Crippen molar-refractivity contribution in [2.24, 2.45) is 5.92 Å². The fourth-order valence-electron chi connectivity index (χ4n) is 4.20. The second-order valence-corrected chi connectivity index (χ2v) is 10.0. The van der Waals surface area contributed by atoms with Gasteiger partial charge in [0.1, 0.15) is 0 Å². The molecule has 3 heterocycles. The van der Waals surface area contributed by atoms with E-state index in [4.69, 9.17) is 9.47 Å². The molecule has 6 nitrogen and oxygen atoms in total. The fourth-order valence-corrected chi connectivity index (χ4v) is 5.76. The third kappa shape index (κ3) is 4.23. The largest absolute Gasteiger partial charge is 0.375 e. The molecule has 0 saturated carbocycles. The molecule has 0 bridgehead atoms. The van der Waals surface area contributed by atoms with Gasteiger partial charge in [0.15, 0.2) is 0 Å². The summed E-state index contributed by atoms with van der Waals surface area (Å²) in [6.45, 7) is 6.56. The van der Waals surface area contributed by atoms with Crippen LogP contribution in [-0.2, 0) is 26.1 Å². The Hall–Kier alpha value is -1.80. The lowest BCUT2D eigenvalue weighted by molar-refractivity contribution is -0.106. The third-order valence-corrected chi connectivity index (χ3v) is 7.76. The molecule has 0 radical (unpaired) electrons. The van der Waals surface area contributed by atoms with Crippen molar-refractivity contribution in [3.05, 3.63) is 59.4 Å². The first-order chi connectivity index (χ1) is 13.9. The zero-order chi connectivity index (χ0) is 20.5. The highest BCUT2D eigenvalue weighted by molar-refractivity contribution is 7.89. The number of rotatable bonds is 7. The molecule has 4 rings (SSSR count). The fraction of sp³-hybridized carbons (Fsp3) is 0.500. The van der Waals surface area contributed by atoms with Crippen LogP contribution < -0.4 is 0 Å². The number of nitrogens with zero attached hydrogens (tertiary/aromatic N) is 2. The topological polar surface area (TPSA) is 68.7 Å². The summed E-state index contributed by atoms with van der Waals surface area (Å²) in [5.74, 6) is 0.317. The lowest BCUT2D eigenvalue weighted by Crippen LogP contribution is -2.65. The molecule has 2 aliphatic heterocycles. The van der Waals surface area contributed by atoms with Gasteiger partial charge in [-0.1, -0.05) is 23.8 Å². The Labute approximate surface area is 172 Å². The van der Waals surface area contributed by atoms with Gasteiger partial charge in [-0.25, -0.2) is 8.42 Å². The first kappa shape index (κ1) is 20.5. The van der Waals surface area contributed by atoms with E-state index in [1.54, 1.807) is 12.1 Å². The van der Waals surface area contributed by atoms with Crippen LogP contribution in [0.5, 0.6) is 0 Å². The van der Waals surface area contributed by atoms with Crippen molar-refractivity contribution in [3.8, 4) is 0 Å². The van der Waals surface area contributed by atoms with Gasteiger partial charge in [-0.05, 0) is 56.9 Å². The van der Waals surface area contributed by atoms with Gasteiger partial charge in [0.05, 0.1) is 22.8 Å². The average molecular weight is 417 g/mol. The number of hydrogen-bond donors (Lipinski definition) is 0. The molecular formula is C22H28N2O4S. The van der Waals surface area contributed by atoms with Crippen LogP contribution in [0.4, 0.5) is 0 Å². The summed E-state index contributed by atoms with van der Waals surface area (Å²) in [5.41, 5.74) is 2.60. The van der Waals surface area contributed by atoms with Gasteiger partial charge in [-0.15, -0.1) is 0 Å². The molecule has 156 valence electrons. The molecule has 1 aromatic carbocycles. The van der Waals surface area contributed by atoms with E-state index in [0.29, 0.717) is 43.7 Å². The number of sulfonamides is 1. The molecule has 2 fully saturated rings. The Kier molecular flexibility index (Phi) is 5.75. The zero-order valence-electron chi connectivity index (χ0n) is 17.0. The van der Waals surface area contributed by atoms with Crippen molar-refractivity contribution in [1.82, 2.24) is 9.29 Å². The molecule has 2 aromatic rings. The minimum Gasteiger partial charge on any atom is -0.375 e. The summed E-state index contributed by atoms with van der Waals surface area (Å²) in [7, 11) is -3.46. The minimum atomic E-state index is -3.46. The van der Waals surface area contributed by atoms with Gasteiger partial charge in [0.25, 0.3) is 0 Å². The van der Waals surface area contributed by atoms with E-state index in [9.17, 15) is 8.42 Å². The summed E-state index contributed by atoms with van der Waals surface area (Å²) >= 11 is 0. The number of aryl methyl sites for hydroxylation is 2. The number of aromatic nitrogens is 1. The second-order valence-electron chi connectivity index (χ2n) is 8.10. The number of benzene rings is 1. The molecule has 1 spiro atoms. The standard InChI is InChI=1S/C22H28N2O4S/c1-17-6-8-21(9-7-17)29(25,26)24-15-22(16-24)19(11-13-28-22)10-12-27-14-20-5-3-4-18(2)23-20/h3-9,19H,10-16H2,1-2H3. The Morgan fingerprint density at radius 1 is 1.17 bits per heavy atom. The maximum absolute atomic E-state index is 12.9. The van der Waals surface area contributed by atoms with Crippen LogP contribution in [0.3, 0.4) is 0 Å². The van der Waals surface area contributed by atoms with Gasteiger partial charge in [0, 0.05) is 32.0 Å². The second kappa shape index (κ2) is 8.14. The van der Waals surface area contributed by atoms with Crippen LogP contribution in [-0.4, -0.2) is 49.6 Å². The lowest BCUT2D eigenvalue weighted by atomic mass is 9.80. The molecule has 2 saturated heterocycles. The van der Waals surface area contributed by atoms with Crippen LogP contribution in [0.1, 0.15) is 29.8 Å². The Balaban J connectivity index is 1.30. The molecule has 29 heavy (non-hydrogen) atoms. The summed E-state index contributed by atoms with van der Waals surface area (Å²) in [5, 5.41) is 0. The van der Waals surface area contributed by atoms with Crippen molar-refractivity contribution in [2.45, 2.75) is 43.8 Å². The van der Waals surface area contributed by atoms with Crippen LogP contribution in [0.2, 0.25) is 0 Å². The summed E-state index contributed by atoms with van der Waals surface area (Å²) < 4.78 is 39.1. The molecule has 0 amide bonds. The van der Waals surface area contributed by atoms with E-state index in [2.05, 4.69) is 4.98 Å². The zero-order valence-corrected chi connectivity index (χ0v) is 17.8. The molecule has 7 heteroatoms. The summed E-state index contributed by atoms with van der Waals surface area (Å²) in [6, 6.07) is 12.9. The summed E-state index contributed by atoms with van der Waals surface area (Å²) in [6.07, 6.45) is 1.81. The van der Waals surface area contributed by atoms with Gasteiger partial charge in [0.2, 0.25) is 10.0 Å². The van der Waals surface area contributed by atoms with E-state index in [1.165, 1.54) is 4.31 Å². The first-order valence-corrected chi connectivity index (χ1v) is 11.5. The SMILES string of the molecule is Cc1ccc(S(=O)(=O)N2CC3(C2)OCCC3CCOCc2cccc(C)n2)cc1. The highest BCUT2D eigenvalue weighted by Crippen LogP contribution is 2.43. The molecule has 1 atom stereocenters. The highest BCUT2D eigenvalue weighted by Gasteiger charge is 2.56. The van der Waals surface area contributed by atoms with Crippen LogP contribution >= 0.6 is 0 Å². The van der Waals surface area contributed by atoms with Crippen molar-refractivity contribution in [3.63, 3.8) is 0 Å². The van der Waals surface area contributed by atoms with Crippen LogP contribution in [0.25, 0.3) is 0 Å². The van der Waals surface area contributed by atoms with Crippen molar-refractivity contribution >= 4 is 10.0 Å². The van der Waals surface area contributed by atoms with E-state index in [1.807, 2.05) is 44.2 Å². The van der Waals surface area contributed by atoms with Gasteiger partial charge >= 0.3 is 0 Å². The van der Waals surface area contributed by atoms with E-state index in [0.717, 1.165) is 29.8 Å². The van der Waals surface area contributed by atoms with Crippen LogP contribution in [0.15, 0.2) is 47.4 Å². The van der Waals surface area contributed by atoms with Gasteiger partial charge in [-0.2, -0.15) is 4.31 Å². The molecule has 2 aliphatic rings. The molecule has 1 unspecified atom stereocenters. The van der Waals surface area contributed by atoms with E-state index in [-0.39, 0.29) is 5.60 Å². The monoisotopic (exact) mass is 416 g/mol. The Bertz CT molecular complexity index is 953. The Morgan fingerprint density at radius 3 is 2.66 bits per heavy atom. The predicted octanol–water partition coefficient (Wildman–Crippen LogP) is 3.08. The van der Waals surface area contributed by atoms with Crippen LogP contribution in [0, 0.1) is 19.8 Å². The van der Waals surface area contributed by atoms with Crippen molar-refractivity contribution in [1.29, 1.82) is 0 Å². The molecule has 0 N–H and O–H groups in total. The number of hydrogen-bond acceptors (Lipinski definition) is 5. The molecular weight excluding hydrogens is 388 g/mol. The highest BCUT2D eigenvalue weighted by atomic mass is 32.2. The summed E-state index contributed by atoms with van der Waals surface area (Å²) in [4.78, 5) is 4.80. The normalized spacial score (nSPS) is 21.4. The lowest BCUT2D eigenvalue weighted by Gasteiger charge is -2.49. The predicted molar refractivity (Wildman–Crippen MR) is 110 cm³/mol. The van der Waals surface area contributed by atoms with Crippen molar-refractivity contribution < 1.29 is 17.9 Å². The van der Waals surface area contributed by atoms with E-state index >= 15 is 0 Å². The number of pyridine rings is 1. The number of ether oxygens (including phenoxy) is 2. The van der Waals surface area contributed by atoms with E-state index < -0.39 is 10.0 Å². The average Bonchev–Trinajstić information content (AvgIpc) is 3.08. The molecule has 0 aliphatic carbocycles. The van der Waals surface area contributed by atoms with Gasteiger partial charge in [-0.3, -0.25) is 4.98 Å². The maximum Gasteiger partial charge on any atom is 0.243 e. The molecule has 1 aromatic heterocycles. The maximum atomic E-state index is 12.9.